The van der Waals surface area contributed by atoms with Gasteiger partial charge in [0.1, 0.15) is 11.3 Å². The lowest BCUT2D eigenvalue weighted by Crippen LogP contribution is -2.20. The second-order valence-electron chi connectivity index (χ2n) is 3.92. The summed E-state index contributed by atoms with van der Waals surface area (Å²) in [5.41, 5.74) is 1.09. The normalized spacial score (nSPS) is 10.3. The van der Waals surface area contributed by atoms with Gasteiger partial charge in [-0.3, -0.25) is 4.79 Å². The Hall–Kier alpha value is -2.30. The van der Waals surface area contributed by atoms with Crippen molar-refractivity contribution >= 4 is 5.97 Å². The van der Waals surface area contributed by atoms with E-state index in [0.717, 1.165) is 5.56 Å². The van der Waals surface area contributed by atoms with E-state index in [4.69, 9.17) is 4.42 Å². The van der Waals surface area contributed by atoms with Crippen molar-refractivity contribution in [3.05, 3.63) is 57.9 Å². The quantitative estimate of drug-likeness (QED) is 0.773. The summed E-state index contributed by atoms with van der Waals surface area (Å²) < 4.78 is 11.3. The predicted molar refractivity (Wildman–Crippen MR) is 64.6 cm³/mol. The van der Waals surface area contributed by atoms with Crippen molar-refractivity contribution in [2.75, 3.05) is 7.11 Å². The Labute approximate surface area is 104 Å². The number of rotatable bonds is 3. The third kappa shape index (κ3) is 2.34. The van der Waals surface area contributed by atoms with E-state index in [1.807, 2.05) is 13.0 Å². The minimum Gasteiger partial charge on any atom is -0.467 e. The molecule has 0 radical (unpaired) electrons. The lowest BCUT2D eigenvalue weighted by molar-refractivity contribution is 0.0598. The van der Waals surface area contributed by atoms with E-state index in [2.05, 4.69) is 4.74 Å². The van der Waals surface area contributed by atoms with Gasteiger partial charge in [-0.05, 0) is 24.6 Å². The van der Waals surface area contributed by atoms with Crippen molar-refractivity contribution in [2.45, 2.75) is 13.5 Å². The van der Waals surface area contributed by atoms with Crippen LogP contribution in [0.1, 0.15) is 21.7 Å². The number of carbonyl (C=O) groups is 1. The van der Waals surface area contributed by atoms with Crippen LogP contribution in [-0.4, -0.2) is 17.6 Å². The maximum absolute atomic E-state index is 11.7. The first-order valence-corrected chi connectivity index (χ1v) is 5.43. The smallest absolute Gasteiger partial charge is 0.341 e. The van der Waals surface area contributed by atoms with Crippen LogP contribution in [0.4, 0.5) is 0 Å². The predicted octanol–water partition coefficient (Wildman–Crippen LogP) is 1.58. The van der Waals surface area contributed by atoms with Crippen LogP contribution in [-0.2, 0) is 11.3 Å². The van der Waals surface area contributed by atoms with Crippen molar-refractivity contribution in [3.8, 4) is 0 Å². The van der Waals surface area contributed by atoms with Gasteiger partial charge in [0.15, 0.2) is 0 Å². The number of esters is 1. The van der Waals surface area contributed by atoms with Gasteiger partial charge in [0.25, 0.3) is 5.56 Å². The topological polar surface area (TPSA) is 61.4 Å². The molecule has 2 heterocycles. The fraction of sp³-hybridized carbons (Fsp3) is 0.231. The van der Waals surface area contributed by atoms with Crippen LogP contribution in [0, 0.1) is 6.92 Å². The average molecular weight is 247 g/mol. The van der Waals surface area contributed by atoms with E-state index in [0.29, 0.717) is 11.3 Å². The minimum atomic E-state index is -0.473. The molecule has 2 aromatic rings. The summed E-state index contributed by atoms with van der Waals surface area (Å²) in [6.45, 7) is 2.05. The van der Waals surface area contributed by atoms with Crippen LogP contribution in [0.5, 0.6) is 0 Å². The standard InChI is InChI=1S/C13H13NO4/c1-9-3-5-14(12(15)7-9)8-11-10(4-6-18-11)13(16)17-2/h3-7H,8H2,1-2H3. The van der Waals surface area contributed by atoms with E-state index in [1.54, 1.807) is 6.20 Å². The van der Waals surface area contributed by atoms with Gasteiger partial charge < -0.3 is 13.7 Å². The molecule has 0 aliphatic heterocycles. The highest BCUT2D eigenvalue weighted by Crippen LogP contribution is 2.12. The zero-order valence-corrected chi connectivity index (χ0v) is 10.2. The number of hydrogen-bond donors (Lipinski definition) is 0. The molecule has 0 spiro atoms. The molecule has 94 valence electrons. The largest absolute Gasteiger partial charge is 0.467 e. The summed E-state index contributed by atoms with van der Waals surface area (Å²) in [6, 6.07) is 4.88. The zero-order valence-electron chi connectivity index (χ0n) is 10.2. The highest BCUT2D eigenvalue weighted by Gasteiger charge is 2.15. The molecule has 0 fully saturated rings. The van der Waals surface area contributed by atoms with Crippen LogP contribution >= 0.6 is 0 Å². The number of hydrogen-bond acceptors (Lipinski definition) is 4. The molecular formula is C13H13NO4. The Bertz CT molecular complexity index is 624. The molecule has 0 aliphatic rings. The van der Waals surface area contributed by atoms with Crippen LogP contribution < -0.4 is 5.56 Å². The Balaban J connectivity index is 2.32. The van der Waals surface area contributed by atoms with Gasteiger partial charge in [-0.2, -0.15) is 0 Å². The fourth-order valence-electron chi connectivity index (χ4n) is 1.65. The number of pyridine rings is 1. The number of furan rings is 1. The second kappa shape index (κ2) is 4.91. The average Bonchev–Trinajstić information content (AvgIpc) is 2.80. The number of aromatic nitrogens is 1. The van der Waals surface area contributed by atoms with Gasteiger partial charge in [-0.25, -0.2) is 4.79 Å². The summed E-state index contributed by atoms with van der Waals surface area (Å²) in [6.07, 6.45) is 3.07. The number of carbonyl (C=O) groups excluding carboxylic acids is 1. The van der Waals surface area contributed by atoms with Gasteiger partial charge in [0.2, 0.25) is 0 Å². The minimum absolute atomic E-state index is 0.137. The third-order valence-corrected chi connectivity index (χ3v) is 2.62. The number of methoxy groups -OCH3 is 1. The number of ether oxygens (including phenoxy) is 1. The zero-order chi connectivity index (χ0) is 13.1. The van der Waals surface area contributed by atoms with Gasteiger partial charge in [0.05, 0.1) is 19.9 Å². The maximum Gasteiger partial charge on any atom is 0.341 e. The highest BCUT2D eigenvalue weighted by molar-refractivity contribution is 5.90. The monoisotopic (exact) mass is 247 g/mol. The molecule has 5 heteroatoms. The first-order valence-electron chi connectivity index (χ1n) is 5.43. The Morgan fingerprint density at radius 3 is 2.89 bits per heavy atom. The number of aryl methyl sites for hydroxylation is 1. The molecule has 0 N–H and O–H groups in total. The van der Waals surface area contributed by atoms with Crippen molar-refractivity contribution in [3.63, 3.8) is 0 Å². The van der Waals surface area contributed by atoms with Gasteiger partial charge in [-0.15, -0.1) is 0 Å². The van der Waals surface area contributed by atoms with E-state index in [1.165, 1.54) is 30.1 Å². The van der Waals surface area contributed by atoms with E-state index >= 15 is 0 Å². The fourth-order valence-corrected chi connectivity index (χ4v) is 1.65. The van der Waals surface area contributed by atoms with Crippen LogP contribution in [0.3, 0.4) is 0 Å². The Morgan fingerprint density at radius 1 is 1.44 bits per heavy atom. The van der Waals surface area contributed by atoms with Gasteiger partial charge in [-0.1, -0.05) is 0 Å². The molecule has 5 nitrogen and oxygen atoms in total. The Morgan fingerprint density at radius 2 is 2.22 bits per heavy atom. The maximum atomic E-state index is 11.7. The van der Waals surface area contributed by atoms with Gasteiger partial charge >= 0.3 is 5.97 Å². The lowest BCUT2D eigenvalue weighted by atomic mass is 10.2. The summed E-state index contributed by atoms with van der Waals surface area (Å²) in [4.78, 5) is 23.2. The molecule has 0 aliphatic carbocycles. The molecule has 18 heavy (non-hydrogen) atoms. The molecule has 0 unspecified atom stereocenters. The van der Waals surface area contributed by atoms with Crippen molar-refractivity contribution in [2.24, 2.45) is 0 Å². The molecular weight excluding hydrogens is 234 g/mol. The van der Waals surface area contributed by atoms with Crippen LogP contribution in [0.2, 0.25) is 0 Å². The van der Waals surface area contributed by atoms with Crippen LogP contribution in [0.25, 0.3) is 0 Å². The summed E-state index contributed by atoms with van der Waals surface area (Å²) in [7, 11) is 1.30. The first-order chi connectivity index (χ1) is 8.61. The summed E-state index contributed by atoms with van der Waals surface area (Å²) in [5, 5.41) is 0. The third-order valence-electron chi connectivity index (χ3n) is 2.62. The SMILES string of the molecule is COC(=O)c1ccoc1Cn1ccc(C)cc1=O. The molecule has 0 amide bonds. The second-order valence-corrected chi connectivity index (χ2v) is 3.92. The van der Waals surface area contributed by atoms with Crippen molar-refractivity contribution in [1.82, 2.24) is 4.57 Å². The summed E-state index contributed by atoms with van der Waals surface area (Å²) in [5.74, 6) is -0.0632. The number of nitrogens with zero attached hydrogens (tertiary/aromatic N) is 1. The first kappa shape index (κ1) is 12.2. The van der Waals surface area contributed by atoms with Crippen molar-refractivity contribution in [1.29, 1.82) is 0 Å². The van der Waals surface area contributed by atoms with E-state index in [9.17, 15) is 9.59 Å². The molecule has 0 saturated carbocycles. The lowest BCUT2D eigenvalue weighted by Gasteiger charge is -2.05. The van der Waals surface area contributed by atoms with E-state index < -0.39 is 5.97 Å². The molecule has 0 saturated heterocycles. The molecule has 2 rings (SSSR count). The van der Waals surface area contributed by atoms with Gasteiger partial charge in [0, 0.05) is 12.3 Å². The van der Waals surface area contributed by atoms with Crippen molar-refractivity contribution < 1.29 is 13.9 Å². The van der Waals surface area contributed by atoms with Crippen LogP contribution in [0.15, 0.2) is 39.9 Å². The molecule has 0 aromatic carbocycles. The summed E-state index contributed by atoms with van der Waals surface area (Å²) >= 11 is 0. The highest BCUT2D eigenvalue weighted by atomic mass is 16.5. The Kier molecular flexibility index (Phi) is 3.32. The van der Waals surface area contributed by atoms with E-state index in [-0.39, 0.29) is 12.1 Å². The molecule has 2 aromatic heterocycles. The molecule has 0 atom stereocenters. The molecule has 0 bridgehead atoms.